The first-order valence-electron chi connectivity index (χ1n) is 7.25. The average molecular weight is 248 g/mol. The summed E-state index contributed by atoms with van der Waals surface area (Å²) < 4.78 is 6.03. The van der Waals surface area contributed by atoms with Crippen molar-refractivity contribution in [3.05, 3.63) is 11.6 Å². The van der Waals surface area contributed by atoms with E-state index >= 15 is 0 Å². The highest BCUT2D eigenvalue weighted by atomic mass is 16.5. The lowest BCUT2D eigenvalue weighted by molar-refractivity contribution is 0.0985. The van der Waals surface area contributed by atoms with Gasteiger partial charge in [0.25, 0.3) is 0 Å². The molecule has 0 spiro atoms. The van der Waals surface area contributed by atoms with Gasteiger partial charge in [-0.15, -0.1) is 0 Å². The van der Waals surface area contributed by atoms with Gasteiger partial charge in [-0.3, -0.25) is 4.99 Å². The zero-order valence-electron chi connectivity index (χ0n) is 11.6. The summed E-state index contributed by atoms with van der Waals surface area (Å²) in [5.41, 5.74) is 1.07. The lowest BCUT2D eigenvalue weighted by Crippen LogP contribution is -2.18. The van der Waals surface area contributed by atoms with E-state index in [0.717, 1.165) is 18.0 Å². The summed E-state index contributed by atoms with van der Waals surface area (Å²) in [5.74, 6) is 1.21. The van der Waals surface area contributed by atoms with Crippen molar-refractivity contribution in [1.82, 2.24) is 0 Å². The molecule has 0 saturated heterocycles. The molecule has 1 aliphatic carbocycles. The Morgan fingerprint density at radius 3 is 2.33 bits per heavy atom. The molecule has 18 heavy (non-hydrogen) atoms. The van der Waals surface area contributed by atoms with Crippen molar-refractivity contribution in [1.29, 1.82) is 0 Å². The Balaban J connectivity index is 2.20. The Hall–Kier alpha value is -1.12. The quantitative estimate of drug-likeness (QED) is 0.677. The third-order valence-electron chi connectivity index (χ3n) is 3.80. The molecule has 1 heterocycles. The molecular weight excluding hydrogens is 224 g/mol. The summed E-state index contributed by atoms with van der Waals surface area (Å²) in [4.78, 5) is 8.88. The van der Waals surface area contributed by atoms with Gasteiger partial charge in [-0.1, -0.05) is 25.7 Å². The summed E-state index contributed by atoms with van der Waals surface area (Å²) >= 11 is 0. The first kappa shape index (κ1) is 13.3. The maximum absolute atomic E-state index is 6.03. The van der Waals surface area contributed by atoms with Gasteiger partial charge < -0.3 is 4.74 Å². The molecule has 3 heteroatoms. The van der Waals surface area contributed by atoms with E-state index in [2.05, 4.69) is 9.98 Å². The van der Waals surface area contributed by atoms with E-state index in [9.17, 15) is 0 Å². The van der Waals surface area contributed by atoms with Crippen LogP contribution in [0.3, 0.4) is 0 Å². The molecule has 1 fully saturated rings. The second-order valence-corrected chi connectivity index (χ2v) is 5.07. The predicted octanol–water partition coefficient (Wildman–Crippen LogP) is 4.10. The fraction of sp³-hybridized carbons (Fsp3) is 0.733. The second kappa shape index (κ2) is 6.72. The molecule has 1 aliphatic heterocycles. The van der Waals surface area contributed by atoms with Crippen LogP contribution in [-0.2, 0) is 4.74 Å². The average Bonchev–Trinajstić information content (AvgIpc) is 2.72. The van der Waals surface area contributed by atoms with Crippen molar-refractivity contribution in [3.63, 3.8) is 0 Å². The van der Waals surface area contributed by atoms with Crippen LogP contribution in [0.2, 0.25) is 0 Å². The fourth-order valence-electron chi connectivity index (χ4n) is 2.95. The third-order valence-corrected chi connectivity index (χ3v) is 3.80. The smallest absolute Gasteiger partial charge is 0.235 e. The molecule has 0 radical (unpaired) electrons. The van der Waals surface area contributed by atoms with E-state index in [0.29, 0.717) is 12.0 Å². The molecule has 100 valence electrons. The Morgan fingerprint density at radius 2 is 1.61 bits per heavy atom. The zero-order valence-corrected chi connectivity index (χ0v) is 11.6. The van der Waals surface area contributed by atoms with Gasteiger partial charge in [0.1, 0.15) is 11.8 Å². The summed E-state index contributed by atoms with van der Waals surface area (Å²) in [6.07, 6.45) is 12.9. The van der Waals surface area contributed by atoms with E-state index in [1.165, 1.54) is 38.5 Å². The first-order chi connectivity index (χ1) is 8.86. The zero-order chi connectivity index (χ0) is 12.8. The van der Waals surface area contributed by atoms with E-state index < -0.39 is 0 Å². The van der Waals surface area contributed by atoms with E-state index in [1.54, 1.807) is 6.21 Å². The van der Waals surface area contributed by atoms with Gasteiger partial charge in [0.2, 0.25) is 5.88 Å². The molecule has 0 bridgehead atoms. The van der Waals surface area contributed by atoms with Gasteiger partial charge >= 0.3 is 0 Å². The van der Waals surface area contributed by atoms with Gasteiger partial charge in [-0.2, -0.15) is 0 Å². The largest absolute Gasteiger partial charge is 0.472 e. The minimum atomic E-state index is 0.306. The van der Waals surface area contributed by atoms with Crippen LogP contribution >= 0.6 is 0 Å². The van der Waals surface area contributed by atoms with Crippen LogP contribution in [-0.4, -0.2) is 18.5 Å². The molecule has 2 atom stereocenters. The van der Waals surface area contributed by atoms with Gasteiger partial charge in [0.05, 0.1) is 0 Å². The van der Waals surface area contributed by atoms with Crippen molar-refractivity contribution in [2.75, 3.05) is 0 Å². The summed E-state index contributed by atoms with van der Waals surface area (Å²) in [7, 11) is 0. The highest BCUT2D eigenvalue weighted by molar-refractivity contribution is 5.58. The Bertz CT molecular complexity index is 358. The van der Waals surface area contributed by atoms with Crippen molar-refractivity contribution in [2.45, 2.75) is 64.9 Å². The lowest BCUT2D eigenvalue weighted by atomic mass is 9.92. The molecule has 0 amide bonds. The number of rotatable bonds is 2. The highest BCUT2D eigenvalue weighted by Gasteiger charge is 2.36. The minimum Gasteiger partial charge on any atom is -0.472 e. The summed E-state index contributed by atoms with van der Waals surface area (Å²) in [6, 6.07) is 0. The number of aliphatic imine (C=N–C) groups is 2. The Kier molecular flexibility index (Phi) is 4.97. The van der Waals surface area contributed by atoms with Gasteiger partial charge in [-0.05, 0) is 33.1 Å². The van der Waals surface area contributed by atoms with Crippen LogP contribution < -0.4 is 0 Å². The second-order valence-electron chi connectivity index (χ2n) is 5.07. The van der Waals surface area contributed by atoms with E-state index in [4.69, 9.17) is 4.74 Å². The normalized spacial score (nSPS) is 30.1. The van der Waals surface area contributed by atoms with Crippen molar-refractivity contribution in [3.8, 4) is 0 Å². The van der Waals surface area contributed by atoms with Gasteiger partial charge in [-0.25, -0.2) is 4.99 Å². The lowest BCUT2D eigenvalue weighted by Gasteiger charge is -2.18. The van der Waals surface area contributed by atoms with Crippen molar-refractivity contribution >= 4 is 12.4 Å². The van der Waals surface area contributed by atoms with Crippen molar-refractivity contribution < 1.29 is 4.74 Å². The topological polar surface area (TPSA) is 34.0 Å². The first-order valence-corrected chi connectivity index (χ1v) is 7.25. The van der Waals surface area contributed by atoms with Gasteiger partial charge in [0, 0.05) is 18.3 Å². The van der Waals surface area contributed by atoms with Crippen LogP contribution in [0.15, 0.2) is 21.6 Å². The fourth-order valence-corrected chi connectivity index (χ4v) is 2.95. The monoisotopic (exact) mass is 248 g/mol. The van der Waals surface area contributed by atoms with Crippen LogP contribution in [0.4, 0.5) is 0 Å². The molecule has 2 unspecified atom stereocenters. The predicted molar refractivity (Wildman–Crippen MR) is 76.0 cm³/mol. The van der Waals surface area contributed by atoms with E-state index in [-0.39, 0.29) is 0 Å². The minimum absolute atomic E-state index is 0.306. The number of fused-ring (bicyclic) bond motifs is 1. The number of hydrogen-bond acceptors (Lipinski definition) is 3. The maximum Gasteiger partial charge on any atom is 0.235 e. The third kappa shape index (κ3) is 3.01. The Labute approximate surface area is 110 Å². The Morgan fingerprint density at radius 1 is 0.944 bits per heavy atom. The molecular formula is C15H24N2O. The van der Waals surface area contributed by atoms with E-state index in [1.807, 2.05) is 20.1 Å². The molecule has 0 N–H and O–H groups in total. The molecule has 1 saturated carbocycles. The van der Waals surface area contributed by atoms with Crippen LogP contribution in [0.1, 0.15) is 58.8 Å². The maximum atomic E-state index is 6.03. The standard InChI is InChI=1S/C15H24N2O/c1-3-16-14-12-10-8-6-5-7-9-11-13(12)18-15(14)17-4-2/h3-4,12-13H,5-11H2,1-2H3/b16-3-,17-4-. The number of ether oxygens (including phenoxy) is 1. The van der Waals surface area contributed by atoms with Crippen LogP contribution in [0.25, 0.3) is 0 Å². The molecule has 3 nitrogen and oxygen atoms in total. The van der Waals surface area contributed by atoms with Gasteiger partial charge in [0.15, 0.2) is 0 Å². The summed E-state index contributed by atoms with van der Waals surface area (Å²) in [6.45, 7) is 3.89. The SMILES string of the molecule is C/C=N\C1=C(/N=C\C)C2CCCCCCCC2O1. The molecule has 0 aromatic rings. The molecule has 0 aromatic carbocycles. The van der Waals surface area contributed by atoms with Crippen LogP contribution in [0, 0.1) is 5.92 Å². The highest BCUT2D eigenvalue weighted by Crippen LogP contribution is 2.39. The molecule has 2 aliphatic rings. The summed E-state index contributed by atoms with van der Waals surface area (Å²) in [5, 5.41) is 0. The number of hydrogen-bond donors (Lipinski definition) is 0. The van der Waals surface area contributed by atoms with Crippen molar-refractivity contribution in [2.24, 2.45) is 15.9 Å². The van der Waals surface area contributed by atoms with Crippen LogP contribution in [0.5, 0.6) is 0 Å². The molecule has 0 aromatic heterocycles. The molecule has 2 rings (SSSR count). The number of nitrogens with zero attached hydrogens (tertiary/aromatic N) is 2.